The number of carbonyl (C=O) groups is 2. The van der Waals surface area contributed by atoms with Gasteiger partial charge in [0.05, 0.1) is 5.69 Å². The summed E-state index contributed by atoms with van der Waals surface area (Å²) in [6, 6.07) is 20.3. The van der Waals surface area contributed by atoms with Crippen LogP contribution in [0.5, 0.6) is 0 Å². The van der Waals surface area contributed by atoms with E-state index in [0.717, 1.165) is 29.5 Å². The van der Waals surface area contributed by atoms with Crippen molar-refractivity contribution in [2.45, 2.75) is 52.1 Å². The fraction of sp³-hybridized carbons (Fsp3) is 0.294. The predicted octanol–water partition coefficient (Wildman–Crippen LogP) is 6.17. The quantitative estimate of drug-likeness (QED) is 0.241. The number of ether oxygens (including phenoxy) is 1. The van der Waals surface area contributed by atoms with E-state index >= 15 is 0 Å². The summed E-state index contributed by atoms with van der Waals surface area (Å²) in [6.07, 6.45) is 2.86. The maximum Gasteiger partial charge on any atom is 0.293 e. The van der Waals surface area contributed by atoms with E-state index in [9.17, 15) is 14.4 Å². The summed E-state index contributed by atoms with van der Waals surface area (Å²) in [7, 11) is 1.67. The molecular weight excluding hydrogens is 542 g/mol. The Kier molecular flexibility index (Phi) is 8.45. The Balaban J connectivity index is 1.33. The molecule has 2 heterocycles. The molecule has 9 nitrogen and oxygen atoms in total. The monoisotopic (exact) mass is 579 g/mol. The van der Waals surface area contributed by atoms with Gasteiger partial charge in [0.2, 0.25) is 0 Å². The van der Waals surface area contributed by atoms with Crippen LogP contribution in [0, 0.1) is 6.92 Å². The summed E-state index contributed by atoms with van der Waals surface area (Å²) in [5.74, 6) is -0.204. The fourth-order valence-corrected chi connectivity index (χ4v) is 4.96. The Labute approximate surface area is 251 Å². The van der Waals surface area contributed by atoms with Crippen LogP contribution in [-0.2, 0) is 22.0 Å². The molecule has 222 valence electrons. The zero-order valence-electron chi connectivity index (χ0n) is 25.2. The van der Waals surface area contributed by atoms with E-state index in [1.807, 2.05) is 49.4 Å². The van der Waals surface area contributed by atoms with Gasteiger partial charge in [-0.05, 0) is 78.8 Å². The van der Waals surface area contributed by atoms with Gasteiger partial charge in [-0.15, -0.1) is 0 Å². The highest BCUT2D eigenvalue weighted by atomic mass is 16.5. The van der Waals surface area contributed by atoms with E-state index in [4.69, 9.17) is 4.74 Å². The van der Waals surface area contributed by atoms with Crippen LogP contribution in [0.15, 0.2) is 77.7 Å². The van der Waals surface area contributed by atoms with Crippen LogP contribution >= 0.6 is 0 Å². The number of anilines is 4. The van der Waals surface area contributed by atoms with Crippen molar-refractivity contribution in [1.29, 1.82) is 0 Å². The molecule has 0 radical (unpaired) electrons. The number of benzene rings is 3. The first-order chi connectivity index (χ1) is 20.5. The Morgan fingerprint density at radius 2 is 1.65 bits per heavy atom. The number of hydrogen-bond acceptors (Lipinski definition) is 6. The Hall–Kier alpha value is -4.76. The zero-order chi connectivity index (χ0) is 30.7. The molecule has 4 aromatic rings. The molecule has 3 aromatic carbocycles. The van der Waals surface area contributed by atoms with Gasteiger partial charge in [0.25, 0.3) is 17.4 Å². The molecule has 1 aliphatic rings. The average Bonchev–Trinajstić information content (AvgIpc) is 3.53. The lowest BCUT2D eigenvalue weighted by atomic mass is 9.86. The summed E-state index contributed by atoms with van der Waals surface area (Å²) < 4.78 is 6.91. The van der Waals surface area contributed by atoms with Crippen LogP contribution < -0.4 is 21.5 Å². The van der Waals surface area contributed by atoms with E-state index in [-0.39, 0.29) is 28.6 Å². The predicted molar refractivity (Wildman–Crippen MR) is 170 cm³/mol. The van der Waals surface area contributed by atoms with Crippen LogP contribution in [0.4, 0.5) is 22.9 Å². The third kappa shape index (κ3) is 6.84. The van der Waals surface area contributed by atoms with Crippen molar-refractivity contribution in [3.63, 3.8) is 0 Å². The minimum absolute atomic E-state index is 0.00192. The first-order valence-electron chi connectivity index (χ1n) is 14.4. The van der Waals surface area contributed by atoms with Gasteiger partial charge in [-0.1, -0.05) is 45.0 Å². The molecule has 0 spiro atoms. The van der Waals surface area contributed by atoms with Crippen LogP contribution in [-0.4, -0.2) is 34.1 Å². The Morgan fingerprint density at radius 1 is 0.953 bits per heavy atom. The topological polar surface area (TPSA) is 114 Å². The van der Waals surface area contributed by atoms with Crippen LogP contribution in [0.3, 0.4) is 0 Å². The van der Waals surface area contributed by atoms with E-state index in [1.54, 1.807) is 37.5 Å². The molecule has 1 aromatic heterocycles. The van der Waals surface area contributed by atoms with Gasteiger partial charge in [-0.3, -0.25) is 14.4 Å². The third-order valence-electron chi connectivity index (χ3n) is 7.58. The second-order valence-corrected chi connectivity index (χ2v) is 11.8. The first-order valence-corrected chi connectivity index (χ1v) is 14.4. The molecule has 3 N–H and O–H groups in total. The molecule has 0 aliphatic carbocycles. The SMILES string of the molecule is Cc1c(NC(=O)c2ccc(C(C)(C)C)cc2)cccc1-c1cn(C)c(=O)c(Nc2ccc(NC(=O)C3CCCO3)cc2)n1. The molecule has 43 heavy (non-hydrogen) atoms. The fourth-order valence-electron chi connectivity index (χ4n) is 4.96. The van der Waals surface area contributed by atoms with Crippen molar-refractivity contribution < 1.29 is 14.3 Å². The van der Waals surface area contributed by atoms with Gasteiger partial charge in [0, 0.05) is 48.0 Å². The number of aromatic nitrogens is 2. The largest absolute Gasteiger partial charge is 0.368 e. The van der Waals surface area contributed by atoms with Gasteiger partial charge in [-0.25, -0.2) is 4.98 Å². The first kappa shape index (κ1) is 29.7. The number of hydrogen-bond donors (Lipinski definition) is 3. The van der Waals surface area contributed by atoms with E-state index in [1.165, 1.54) is 4.57 Å². The smallest absolute Gasteiger partial charge is 0.293 e. The van der Waals surface area contributed by atoms with Crippen molar-refractivity contribution in [3.05, 3.63) is 100.0 Å². The maximum absolute atomic E-state index is 13.1. The van der Waals surface area contributed by atoms with E-state index in [0.29, 0.717) is 34.9 Å². The molecular formula is C34H37N5O4. The molecule has 1 aliphatic heterocycles. The van der Waals surface area contributed by atoms with Gasteiger partial charge >= 0.3 is 0 Å². The number of amides is 2. The number of carbonyl (C=O) groups excluding carboxylic acids is 2. The van der Waals surface area contributed by atoms with Crippen LogP contribution in [0.25, 0.3) is 11.3 Å². The summed E-state index contributed by atoms with van der Waals surface area (Å²) in [5, 5.41) is 9.00. The normalized spacial score (nSPS) is 14.8. The Bertz CT molecular complexity index is 1700. The lowest BCUT2D eigenvalue weighted by molar-refractivity contribution is -0.124. The molecule has 5 rings (SSSR count). The molecule has 2 amide bonds. The number of rotatable bonds is 7. The van der Waals surface area contributed by atoms with Crippen molar-refractivity contribution in [2.24, 2.45) is 7.05 Å². The molecule has 1 unspecified atom stereocenters. The minimum Gasteiger partial charge on any atom is -0.368 e. The highest BCUT2D eigenvalue weighted by Crippen LogP contribution is 2.29. The van der Waals surface area contributed by atoms with Gasteiger partial charge < -0.3 is 25.3 Å². The standard InChI is InChI=1S/C34H37N5O4/c1-21-26(8-6-9-27(21)38-31(40)22-11-13-23(14-12-22)34(2,3)4)28-20-39(5)33(42)30(37-28)35-24-15-17-25(18-16-24)36-32(41)29-10-7-19-43-29/h6,8-9,11-18,20,29H,7,10,19H2,1-5H3,(H,35,37)(H,36,41)(H,38,40). The number of nitrogens with zero attached hydrogens (tertiary/aromatic N) is 2. The average molecular weight is 580 g/mol. The molecule has 0 saturated carbocycles. The van der Waals surface area contributed by atoms with E-state index in [2.05, 4.69) is 41.7 Å². The highest BCUT2D eigenvalue weighted by Gasteiger charge is 2.23. The van der Waals surface area contributed by atoms with Crippen LogP contribution in [0.1, 0.15) is 55.1 Å². The second-order valence-electron chi connectivity index (χ2n) is 11.8. The summed E-state index contributed by atoms with van der Waals surface area (Å²) in [6.45, 7) is 8.92. The lowest BCUT2D eigenvalue weighted by Gasteiger charge is -2.19. The van der Waals surface area contributed by atoms with Gasteiger partial charge in [0.15, 0.2) is 5.82 Å². The highest BCUT2D eigenvalue weighted by molar-refractivity contribution is 6.05. The van der Waals surface area contributed by atoms with E-state index < -0.39 is 6.10 Å². The molecule has 1 saturated heterocycles. The zero-order valence-corrected chi connectivity index (χ0v) is 25.2. The number of nitrogens with one attached hydrogen (secondary N) is 3. The number of aryl methyl sites for hydroxylation is 1. The lowest BCUT2D eigenvalue weighted by Crippen LogP contribution is -2.26. The Morgan fingerprint density at radius 3 is 2.30 bits per heavy atom. The molecule has 1 atom stereocenters. The molecule has 9 heteroatoms. The van der Waals surface area contributed by atoms with Crippen molar-refractivity contribution in [3.8, 4) is 11.3 Å². The maximum atomic E-state index is 13.1. The molecule has 0 bridgehead atoms. The van der Waals surface area contributed by atoms with Gasteiger partial charge in [0.1, 0.15) is 6.10 Å². The summed E-state index contributed by atoms with van der Waals surface area (Å²) >= 11 is 0. The van der Waals surface area contributed by atoms with Crippen molar-refractivity contribution >= 4 is 34.7 Å². The minimum atomic E-state index is -0.414. The van der Waals surface area contributed by atoms with Crippen molar-refractivity contribution in [1.82, 2.24) is 9.55 Å². The second kappa shape index (κ2) is 12.2. The molecule has 1 fully saturated rings. The summed E-state index contributed by atoms with van der Waals surface area (Å²) in [4.78, 5) is 43.0. The van der Waals surface area contributed by atoms with Gasteiger partial charge in [-0.2, -0.15) is 0 Å². The summed E-state index contributed by atoms with van der Waals surface area (Å²) in [5.41, 5.74) is 5.57. The van der Waals surface area contributed by atoms with Crippen LogP contribution in [0.2, 0.25) is 0 Å². The third-order valence-corrected chi connectivity index (χ3v) is 7.58. The van der Waals surface area contributed by atoms with Crippen molar-refractivity contribution in [2.75, 3.05) is 22.6 Å².